The Morgan fingerprint density at radius 3 is 2.21 bits per heavy atom. The Morgan fingerprint density at radius 2 is 1.58 bits per heavy atom. The van der Waals surface area contributed by atoms with Gasteiger partial charge in [0.25, 0.3) is 0 Å². The van der Waals surface area contributed by atoms with Crippen LogP contribution in [-0.2, 0) is 0 Å². The van der Waals surface area contributed by atoms with Crippen LogP contribution in [0.4, 0.5) is 0 Å². The van der Waals surface area contributed by atoms with Gasteiger partial charge in [-0.15, -0.1) is 12.4 Å². The monoisotopic (exact) mass is 275 g/mol. The zero-order valence-corrected chi connectivity index (χ0v) is 12.4. The van der Waals surface area contributed by atoms with E-state index in [1.807, 2.05) is 6.07 Å². The Balaban J connectivity index is 0.00000180. The van der Waals surface area contributed by atoms with E-state index < -0.39 is 0 Å². The molecule has 102 valence electrons. The summed E-state index contributed by atoms with van der Waals surface area (Å²) >= 11 is 0. The van der Waals surface area contributed by atoms with Gasteiger partial charge >= 0.3 is 0 Å². The minimum atomic E-state index is 0. The van der Waals surface area contributed by atoms with Gasteiger partial charge in [0.15, 0.2) is 0 Å². The van der Waals surface area contributed by atoms with Gasteiger partial charge < -0.3 is 5.73 Å². The number of nitrogens with two attached hydrogens (primary N) is 1. The van der Waals surface area contributed by atoms with E-state index in [1.165, 1.54) is 16.7 Å². The van der Waals surface area contributed by atoms with Crippen LogP contribution in [0.5, 0.6) is 0 Å². The van der Waals surface area contributed by atoms with Crippen LogP contribution in [0.1, 0.15) is 31.9 Å². The van der Waals surface area contributed by atoms with Crippen molar-refractivity contribution in [2.24, 2.45) is 11.7 Å². The van der Waals surface area contributed by atoms with Crippen molar-refractivity contribution >= 4 is 12.4 Å². The van der Waals surface area contributed by atoms with E-state index in [2.05, 4.69) is 62.4 Å². The van der Waals surface area contributed by atoms with Gasteiger partial charge in [-0.2, -0.15) is 0 Å². The second-order valence-electron chi connectivity index (χ2n) is 4.90. The summed E-state index contributed by atoms with van der Waals surface area (Å²) in [4.78, 5) is 0. The molecule has 0 spiro atoms. The predicted molar refractivity (Wildman–Crippen MR) is 85.5 cm³/mol. The maximum absolute atomic E-state index is 6.30. The fourth-order valence-electron chi connectivity index (χ4n) is 2.14. The van der Waals surface area contributed by atoms with E-state index in [0.717, 1.165) is 6.42 Å². The van der Waals surface area contributed by atoms with Crippen LogP contribution in [0.2, 0.25) is 0 Å². The number of rotatable bonds is 4. The molecule has 1 nitrogen and oxygen atoms in total. The molecule has 0 aliphatic heterocycles. The molecule has 0 heterocycles. The van der Waals surface area contributed by atoms with Crippen molar-refractivity contribution in [2.45, 2.75) is 26.3 Å². The molecule has 0 fully saturated rings. The zero-order valence-electron chi connectivity index (χ0n) is 11.5. The molecule has 2 atom stereocenters. The Labute approximate surface area is 122 Å². The predicted octanol–water partition coefficient (Wildman–Crippen LogP) is 4.82. The average Bonchev–Trinajstić information content (AvgIpc) is 2.46. The first-order chi connectivity index (χ1) is 8.72. The normalized spacial score (nSPS) is 13.4. The lowest BCUT2D eigenvalue weighted by molar-refractivity contribution is 0.457. The van der Waals surface area contributed by atoms with Gasteiger partial charge in [0.05, 0.1) is 0 Å². The smallest absolute Gasteiger partial charge is 0.0320 e. The summed E-state index contributed by atoms with van der Waals surface area (Å²) < 4.78 is 0. The van der Waals surface area contributed by atoms with Crippen molar-refractivity contribution in [1.82, 2.24) is 0 Å². The fraction of sp³-hybridized carbons (Fsp3) is 0.294. The van der Waals surface area contributed by atoms with Crippen LogP contribution in [0.15, 0.2) is 54.6 Å². The molecule has 0 amide bonds. The molecule has 0 aliphatic carbocycles. The average molecular weight is 276 g/mol. The Bertz CT molecular complexity index is 496. The highest BCUT2D eigenvalue weighted by Crippen LogP contribution is 2.26. The lowest BCUT2D eigenvalue weighted by atomic mass is 9.91. The van der Waals surface area contributed by atoms with Gasteiger partial charge in [0.1, 0.15) is 0 Å². The largest absolute Gasteiger partial charge is 0.324 e. The minimum Gasteiger partial charge on any atom is -0.324 e. The first kappa shape index (κ1) is 15.7. The lowest BCUT2D eigenvalue weighted by Gasteiger charge is -2.19. The second-order valence-corrected chi connectivity index (χ2v) is 4.90. The van der Waals surface area contributed by atoms with E-state index in [9.17, 15) is 0 Å². The van der Waals surface area contributed by atoms with Crippen molar-refractivity contribution in [3.05, 3.63) is 60.2 Å². The molecule has 0 aromatic heterocycles. The van der Waals surface area contributed by atoms with E-state index in [0.29, 0.717) is 5.92 Å². The fourth-order valence-corrected chi connectivity index (χ4v) is 2.14. The lowest BCUT2D eigenvalue weighted by Crippen LogP contribution is -2.18. The highest BCUT2D eigenvalue weighted by Gasteiger charge is 2.13. The molecule has 2 aromatic carbocycles. The number of halogens is 1. The van der Waals surface area contributed by atoms with Crippen LogP contribution < -0.4 is 5.73 Å². The summed E-state index contributed by atoms with van der Waals surface area (Å²) in [7, 11) is 0. The van der Waals surface area contributed by atoms with Crippen LogP contribution in [0.3, 0.4) is 0 Å². The molecular weight excluding hydrogens is 254 g/mol. The van der Waals surface area contributed by atoms with Crippen LogP contribution in [0, 0.1) is 5.92 Å². The topological polar surface area (TPSA) is 26.0 Å². The van der Waals surface area contributed by atoms with Crippen molar-refractivity contribution < 1.29 is 0 Å². The molecule has 2 rings (SSSR count). The van der Waals surface area contributed by atoms with Crippen LogP contribution in [-0.4, -0.2) is 0 Å². The molecule has 0 radical (unpaired) electrons. The number of hydrogen-bond acceptors (Lipinski definition) is 1. The van der Waals surface area contributed by atoms with Crippen LogP contribution in [0.25, 0.3) is 11.1 Å². The third kappa shape index (κ3) is 3.82. The van der Waals surface area contributed by atoms with Crippen molar-refractivity contribution in [3.8, 4) is 11.1 Å². The summed E-state index contributed by atoms with van der Waals surface area (Å²) in [6.07, 6.45) is 1.11. The van der Waals surface area contributed by atoms with Crippen LogP contribution >= 0.6 is 12.4 Å². The summed E-state index contributed by atoms with van der Waals surface area (Å²) in [5, 5.41) is 0. The SMILES string of the molecule is CCC(C)[C@H](N)c1cccc(-c2ccccc2)c1.Cl. The second kappa shape index (κ2) is 7.32. The first-order valence-corrected chi connectivity index (χ1v) is 6.63. The minimum absolute atomic E-state index is 0. The molecule has 0 saturated heterocycles. The van der Waals surface area contributed by atoms with E-state index in [-0.39, 0.29) is 18.4 Å². The Kier molecular flexibility index (Phi) is 6.07. The van der Waals surface area contributed by atoms with Crippen molar-refractivity contribution in [1.29, 1.82) is 0 Å². The standard InChI is InChI=1S/C17H21N.ClH/c1-3-13(2)17(18)16-11-7-10-15(12-16)14-8-5-4-6-9-14;/h4-13,17H,3,18H2,1-2H3;1H/t13?,17-;/m0./s1. The van der Waals surface area contributed by atoms with Gasteiger partial charge in [-0.3, -0.25) is 0 Å². The maximum Gasteiger partial charge on any atom is 0.0320 e. The summed E-state index contributed by atoms with van der Waals surface area (Å²) in [5.41, 5.74) is 10.0. The van der Waals surface area contributed by atoms with E-state index >= 15 is 0 Å². The van der Waals surface area contributed by atoms with Gasteiger partial charge in [-0.25, -0.2) is 0 Å². The first-order valence-electron chi connectivity index (χ1n) is 6.63. The van der Waals surface area contributed by atoms with E-state index in [1.54, 1.807) is 0 Å². The van der Waals surface area contributed by atoms with Crippen molar-refractivity contribution in [2.75, 3.05) is 0 Å². The summed E-state index contributed by atoms with van der Waals surface area (Å²) in [5.74, 6) is 0.510. The molecule has 19 heavy (non-hydrogen) atoms. The maximum atomic E-state index is 6.30. The molecule has 2 heteroatoms. The molecule has 0 aliphatic rings. The molecule has 1 unspecified atom stereocenters. The molecule has 2 aromatic rings. The third-order valence-electron chi connectivity index (χ3n) is 3.64. The highest BCUT2D eigenvalue weighted by molar-refractivity contribution is 5.85. The molecule has 0 bridgehead atoms. The Hall–Kier alpha value is -1.31. The number of benzene rings is 2. The summed E-state index contributed by atoms with van der Waals surface area (Å²) in [6, 6.07) is 19.1. The molecular formula is C17H22ClN. The van der Waals surface area contributed by atoms with Gasteiger partial charge in [0, 0.05) is 6.04 Å². The third-order valence-corrected chi connectivity index (χ3v) is 3.64. The number of hydrogen-bond donors (Lipinski definition) is 1. The van der Waals surface area contributed by atoms with E-state index in [4.69, 9.17) is 5.73 Å². The quantitative estimate of drug-likeness (QED) is 0.850. The summed E-state index contributed by atoms with van der Waals surface area (Å²) in [6.45, 7) is 4.39. The van der Waals surface area contributed by atoms with Gasteiger partial charge in [-0.1, -0.05) is 68.8 Å². The highest BCUT2D eigenvalue weighted by atomic mass is 35.5. The zero-order chi connectivity index (χ0) is 13.0. The molecule has 0 saturated carbocycles. The van der Waals surface area contributed by atoms with Gasteiger partial charge in [0.2, 0.25) is 0 Å². The Morgan fingerprint density at radius 1 is 0.947 bits per heavy atom. The molecule has 2 N–H and O–H groups in total. The van der Waals surface area contributed by atoms with Gasteiger partial charge in [-0.05, 0) is 28.7 Å². The van der Waals surface area contributed by atoms with Crippen molar-refractivity contribution in [3.63, 3.8) is 0 Å².